The van der Waals surface area contributed by atoms with Crippen LogP contribution in [0.5, 0.6) is 0 Å². The quantitative estimate of drug-likeness (QED) is 0.840. The van der Waals surface area contributed by atoms with E-state index in [0.29, 0.717) is 12.1 Å². The Morgan fingerprint density at radius 3 is 2.43 bits per heavy atom. The van der Waals surface area contributed by atoms with Gasteiger partial charge in [-0.3, -0.25) is 4.68 Å². The van der Waals surface area contributed by atoms with Crippen molar-refractivity contribution in [1.82, 2.24) is 14.5 Å². The number of nitrogens with one attached hydrogen (secondary N) is 1. The molecule has 120 valence electrons. The highest BCUT2D eigenvalue weighted by molar-refractivity contribution is 7.89. The van der Waals surface area contributed by atoms with Crippen LogP contribution < -0.4 is 4.72 Å². The number of hydrogen-bond acceptors (Lipinski definition) is 4. The fraction of sp³-hybridized carbons (Fsp3) is 0.786. The fourth-order valence-electron chi connectivity index (χ4n) is 3.04. The molecule has 1 saturated carbocycles. The van der Waals surface area contributed by atoms with Gasteiger partial charge in [-0.05, 0) is 19.8 Å². The molecule has 1 aliphatic carbocycles. The van der Waals surface area contributed by atoms with Crippen LogP contribution in [-0.4, -0.2) is 37.5 Å². The van der Waals surface area contributed by atoms with Crippen molar-refractivity contribution >= 4 is 10.0 Å². The summed E-state index contributed by atoms with van der Waals surface area (Å²) in [6.45, 7) is 2.07. The normalized spacial score (nSPS) is 19.4. The third kappa shape index (κ3) is 3.64. The Kier molecular flexibility index (Phi) is 5.06. The molecular weight excluding hydrogens is 290 g/mol. The Hall–Kier alpha value is -0.920. The molecule has 1 heterocycles. The van der Waals surface area contributed by atoms with E-state index in [4.69, 9.17) is 4.74 Å². The van der Waals surface area contributed by atoms with E-state index in [-0.39, 0.29) is 10.6 Å². The molecule has 1 aromatic heterocycles. The van der Waals surface area contributed by atoms with Gasteiger partial charge in [0.1, 0.15) is 0 Å². The van der Waals surface area contributed by atoms with E-state index in [1.807, 2.05) is 0 Å². The molecule has 1 fully saturated rings. The Bertz CT molecular complexity index is 553. The summed E-state index contributed by atoms with van der Waals surface area (Å²) < 4.78 is 34.8. The fourth-order valence-corrected chi connectivity index (χ4v) is 4.50. The summed E-state index contributed by atoms with van der Waals surface area (Å²) in [6, 6.07) is 0. The number of aryl methyl sites for hydroxylation is 2. The molecule has 1 N–H and O–H groups in total. The van der Waals surface area contributed by atoms with Gasteiger partial charge < -0.3 is 4.74 Å². The maximum absolute atomic E-state index is 12.5. The highest BCUT2D eigenvalue weighted by Crippen LogP contribution is 2.30. The first-order valence-corrected chi connectivity index (χ1v) is 8.92. The van der Waals surface area contributed by atoms with Gasteiger partial charge in [-0.2, -0.15) is 5.10 Å². The van der Waals surface area contributed by atoms with Crippen molar-refractivity contribution in [1.29, 1.82) is 0 Å². The van der Waals surface area contributed by atoms with Crippen molar-refractivity contribution in [3.8, 4) is 0 Å². The molecule has 6 nitrogen and oxygen atoms in total. The zero-order valence-electron chi connectivity index (χ0n) is 13.1. The summed E-state index contributed by atoms with van der Waals surface area (Å²) in [5.41, 5.74) is 0.271. The number of methoxy groups -OCH3 is 1. The molecule has 0 bridgehead atoms. The molecule has 1 aromatic rings. The first-order chi connectivity index (χ1) is 9.90. The summed E-state index contributed by atoms with van der Waals surface area (Å²) in [7, 11) is -0.254. The largest absolute Gasteiger partial charge is 0.377 e. The molecule has 0 spiro atoms. The second-order valence-electron chi connectivity index (χ2n) is 5.88. The minimum Gasteiger partial charge on any atom is -0.377 e. The molecule has 0 aromatic carbocycles. The van der Waals surface area contributed by atoms with Crippen molar-refractivity contribution in [3.63, 3.8) is 0 Å². The summed E-state index contributed by atoms with van der Waals surface area (Å²) in [5, 5.41) is 4.22. The third-order valence-electron chi connectivity index (χ3n) is 4.34. The smallest absolute Gasteiger partial charge is 0.258 e. The van der Waals surface area contributed by atoms with Gasteiger partial charge >= 0.3 is 0 Å². The molecule has 1 aliphatic rings. The average molecular weight is 315 g/mol. The summed E-state index contributed by atoms with van der Waals surface area (Å²) in [4.78, 5) is 0. The van der Waals surface area contributed by atoms with Crippen LogP contribution >= 0.6 is 0 Å². The molecule has 21 heavy (non-hydrogen) atoms. The lowest BCUT2D eigenvalue weighted by Crippen LogP contribution is -2.44. The SMILES string of the molecule is COC1(CNS(=O)(=O)c2c(C)cnn2C)CCCCCC1. The second kappa shape index (κ2) is 6.46. The van der Waals surface area contributed by atoms with Crippen LogP contribution in [0.4, 0.5) is 0 Å². The van der Waals surface area contributed by atoms with E-state index >= 15 is 0 Å². The molecule has 7 heteroatoms. The maximum Gasteiger partial charge on any atom is 0.258 e. The Morgan fingerprint density at radius 2 is 1.95 bits per heavy atom. The first-order valence-electron chi connectivity index (χ1n) is 7.44. The average Bonchev–Trinajstić information content (AvgIpc) is 2.67. The van der Waals surface area contributed by atoms with E-state index < -0.39 is 10.0 Å². The monoisotopic (exact) mass is 315 g/mol. The molecular formula is C14H25N3O3S. The molecule has 0 radical (unpaired) electrons. The van der Waals surface area contributed by atoms with Crippen molar-refractivity contribution in [2.45, 2.75) is 56.1 Å². The number of sulfonamides is 1. The van der Waals surface area contributed by atoms with Crippen molar-refractivity contribution in [3.05, 3.63) is 11.8 Å². The van der Waals surface area contributed by atoms with Crippen LogP contribution in [0.25, 0.3) is 0 Å². The van der Waals surface area contributed by atoms with Gasteiger partial charge in [0.05, 0.1) is 11.8 Å². The Labute approximate surface area is 126 Å². The van der Waals surface area contributed by atoms with Gasteiger partial charge in [0, 0.05) is 26.3 Å². The summed E-state index contributed by atoms with van der Waals surface area (Å²) >= 11 is 0. The van der Waals surface area contributed by atoms with Crippen LogP contribution in [0.1, 0.15) is 44.1 Å². The third-order valence-corrected chi connectivity index (χ3v) is 5.96. The first kappa shape index (κ1) is 16.5. The minimum atomic E-state index is -3.57. The number of hydrogen-bond donors (Lipinski definition) is 1. The van der Waals surface area contributed by atoms with E-state index in [2.05, 4.69) is 9.82 Å². The Morgan fingerprint density at radius 1 is 1.33 bits per heavy atom. The van der Waals surface area contributed by atoms with Crippen molar-refractivity contribution in [2.24, 2.45) is 7.05 Å². The molecule has 0 unspecified atom stereocenters. The highest BCUT2D eigenvalue weighted by Gasteiger charge is 2.33. The lowest BCUT2D eigenvalue weighted by atomic mass is 9.94. The van der Waals surface area contributed by atoms with Crippen LogP contribution in [0.3, 0.4) is 0 Å². The van der Waals surface area contributed by atoms with Crippen LogP contribution in [0.2, 0.25) is 0 Å². The van der Waals surface area contributed by atoms with Gasteiger partial charge in [0.25, 0.3) is 10.0 Å². The van der Waals surface area contributed by atoms with Gasteiger partial charge in [-0.1, -0.05) is 25.7 Å². The second-order valence-corrected chi connectivity index (χ2v) is 7.56. The summed E-state index contributed by atoms with van der Waals surface area (Å²) in [5.74, 6) is 0. The van der Waals surface area contributed by atoms with E-state index in [1.165, 1.54) is 17.5 Å². The van der Waals surface area contributed by atoms with Gasteiger partial charge in [0.15, 0.2) is 5.03 Å². The number of ether oxygens (including phenoxy) is 1. The molecule has 0 saturated heterocycles. The predicted octanol–water partition coefficient (Wildman–Crippen LogP) is 1.75. The van der Waals surface area contributed by atoms with Crippen molar-refractivity contribution in [2.75, 3.05) is 13.7 Å². The van der Waals surface area contributed by atoms with E-state index in [9.17, 15) is 8.42 Å². The van der Waals surface area contributed by atoms with Crippen LogP contribution in [-0.2, 0) is 21.8 Å². The Balaban J connectivity index is 2.13. The zero-order valence-corrected chi connectivity index (χ0v) is 13.9. The highest BCUT2D eigenvalue weighted by atomic mass is 32.2. The van der Waals surface area contributed by atoms with E-state index in [0.717, 1.165) is 25.7 Å². The van der Waals surface area contributed by atoms with Gasteiger partial charge in [0.2, 0.25) is 0 Å². The van der Waals surface area contributed by atoms with Gasteiger partial charge in [-0.25, -0.2) is 13.1 Å². The maximum atomic E-state index is 12.5. The standard InChI is InChI=1S/C14H25N3O3S/c1-12-10-15-17(2)13(12)21(18,19)16-11-14(20-3)8-6-4-5-7-9-14/h10,16H,4-9,11H2,1-3H3. The number of rotatable bonds is 5. The number of nitrogens with zero attached hydrogens (tertiary/aromatic N) is 2. The molecule has 0 amide bonds. The van der Waals surface area contributed by atoms with Crippen LogP contribution in [0.15, 0.2) is 11.2 Å². The molecule has 0 atom stereocenters. The lowest BCUT2D eigenvalue weighted by Gasteiger charge is -2.31. The van der Waals surface area contributed by atoms with Crippen molar-refractivity contribution < 1.29 is 13.2 Å². The topological polar surface area (TPSA) is 73.2 Å². The summed E-state index contributed by atoms with van der Waals surface area (Å²) in [6.07, 6.45) is 7.91. The van der Waals surface area contributed by atoms with E-state index in [1.54, 1.807) is 27.3 Å². The predicted molar refractivity (Wildman–Crippen MR) is 80.6 cm³/mol. The number of aromatic nitrogens is 2. The zero-order chi connectivity index (χ0) is 15.5. The van der Waals surface area contributed by atoms with Crippen LogP contribution in [0, 0.1) is 6.92 Å². The van der Waals surface area contributed by atoms with Gasteiger partial charge in [-0.15, -0.1) is 0 Å². The lowest BCUT2D eigenvalue weighted by molar-refractivity contribution is -0.0176. The molecule has 2 rings (SSSR count). The molecule has 0 aliphatic heterocycles. The minimum absolute atomic E-state index is 0.224.